The zero-order chi connectivity index (χ0) is 23.5. The Morgan fingerprint density at radius 3 is 2.67 bits per heavy atom. The lowest BCUT2D eigenvalue weighted by molar-refractivity contribution is 0.309. The van der Waals surface area contributed by atoms with Crippen LogP contribution < -0.4 is 9.47 Å². The van der Waals surface area contributed by atoms with Crippen LogP contribution >= 0.6 is 35.0 Å². The van der Waals surface area contributed by atoms with Crippen molar-refractivity contribution in [3.63, 3.8) is 0 Å². The third-order valence-corrected chi connectivity index (χ3v) is 7.44. The first-order valence-electron chi connectivity index (χ1n) is 10.4. The fourth-order valence-electron chi connectivity index (χ4n) is 4.04. The van der Waals surface area contributed by atoms with Crippen LogP contribution in [0.4, 0.5) is 0 Å². The Hall–Kier alpha value is -2.43. The van der Waals surface area contributed by atoms with Crippen molar-refractivity contribution in [3.05, 3.63) is 68.8 Å². The maximum atomic E-state index is 10.3. The third-order valence-electron chi connectivity index (χ3n) is 5.65. The Bertz CT molecular complexity index is 1240. The summed E-state index contributed by atoms with van der Waals surface area (Å²) in [5.74, 6) is 1.85. The predicted molar refractivity (Wildman–Crippen MR) is 134 cm³/mol. The van der Waals surface area contributed by atoms with Gasteiger partial charge in [0.05, 0.1) is 29.8 Å². The Labute approximate surface area is 208 Å². The molecule has 0 bridgehead atoms. The van der Waals surface area contributed by atoms with Gasteiger partial charge < -0.3 is 14.4 Å². The normalized spacial score (nSPS) is 13.3. The molecule has 0 radical (unpaired) electrons. The number of likely N-dealkylation sites (N-methyl/N-ethyl adjacent to an activating group) is 1. The van der Waals surface area contributed by atoms with E-state index < -0.39 is 0 Å². The van der Waals surface area contributed by atoms with Gasteiger partial charge in [-0.25, -0.2) is 4.98 Å². The van der Waals surface area contributed by atoms with Gasteiger partial charge in [-0.1, -0.05) is 41.4 Å². The van der Waals surface area contributed by atoms with E-state index >= 15 is 0 Å². The van der Waals surface area contributed by atoms with Crippen molar-refractivity contribution >= 4 is 35.0 Å². The number of nitriles is 1. The number of methoxy groups -OCH3 is 2. The molecular formula is C25H23Cl2N3O2S. The number of thioether (sulfide) groups is 1. The largest absolute Gasteiger partial charge is 0.493 e. The lowest BCUT2D eigenvalue weighted by Crippen LogP contribution is -2.28. The van der Waals surface area contributed by atoms with Gasteiger partial charge in [-0.2, -0.15) is 5.26 Å². The molecule has 0 saturated carbocycles. The number of fused-ring (bicyclic) bond motifs is 1. The molecule has 2 aromatic carbocycles. The van der Waals surface area contributed by atoms with E-state index in [1.165, 1.54) is 11.8 Å². The first-order valence-corrected chi connectivity index (χ1v) is 12.1. The standard InChI is InChI=1S/C25H23Cl2N3O2S/c1-30-10-9-21-18(13-30)23(16-5-4-6-22(31-2)24(16)32-3)17(12-28)25(29-21)33-14-15-7-8-19(26)20(27)11-15/h4-8,11H,9-10,13-14H2,1-3H3. The quantitative estimate of drug-likeness (QED) is 0.375. The van der Waals surface area contributed by atoms with Crippen LogP contribution in [0, 0.1) is 11.3 Å². The van der Waals surface area contributed by atoms with E-state index in [2.05, 4.69) is 18.0 Å². The van der Waals surface area contributed by atoms with E-state index in [0.717, 1.165) is 40.9 Å². The van der Waals surface area contributed by atoms with Gasteiger partial charge in [0.25, 0.3) is 0 Å². The number of hydrogen-bond acceptors (Lipinski definition) is 6. The lowest BCUT2D eigenvalue weighted by atomic mass is 9.91. The average Bonchev–Trinajstić information content (AvgIpc) is 2.83. The molecule has 33 heavy (non-hydrogen) atoms. The van der Waals surface area contributed by atoms with E-state index in [1.807, 2.05) is 30.3 Å². The second-order valence-corrected chi connectivity index (χ2v) is 9.55. The average molecular weight is 500 g/mol. The zero-order valence-corrected chi connectivity index (χ0v) is 20.9. The molecule has 3 aromatic rings. The molecule has 170 valence electrons. The molecule has 5 nitrogen and oxygen atoms in total. The molecule has 1 aromatic heterocycles. The van der Waals surface area contributed by atoms with Crippen molar-refractivity contribution in [2.75, 3.05) is 27.8 Å². The van der Waals surface area contributed by atoms with Gasteiger partial charge >= 0.3 is 0 Å². The molecule has 0 spiro atoms. The van der Waals surface area contributed by atoms with E-state index in [0.29, 0.717) is 44.4 Å². The van der Waals surface area contributed by atoms with Crippen LogP contribution in [0.1, 0.15) is 22.4 Å². The zero-order valence-electron chi connectivity index (χ0n) is 18.6. The second-order valence-electron chi connectivity index (χ2n) is 7.77. The summed E-state index contributed by atoms with van der Waals surface area (Å²) < 4.78 is 11.3. The van der Waals surface area contributed by atoms with Gasteiger partial charge in [-0.3, -0.25) is 0 Å². The van der Waals surface area contributed by atoms with Crippen LogP contribution in [-0.4, -0.2) is 37.7 Å². The Kier molecular flexibility index (Phi) is 7.35. The summed E-state index contributed by atoms with van der Waals surface area (Å²) in [5.41, 5.74) is 5.33. The molecule has 0 aliphatic carbocycles. The molecular weight excluding hydrogens is 477 g/mol. The number of benzene rings is 2. The van der Waals surface area contributed by atoms with Crippen LogP contribution in [0.3, 0.4) is 0 Å². The summed E-state index contributed by atoms with van der Waals surface area (Å²) in [5, 5.41) is 12.0. The minimum Gasteiger partial charge on any atom is -0.493 e. The number of rotatable bonds is 6. The third kappa shape index (κ3) is 4.78. The maximum absolute atomic E-state index is 10.3. The van der Waals surface area contributed by atoms with Gasteiger partial charge in [0, 0.05) is 42.1 Å². The van der Waals surface area contributed by atoms with Crippen LogP contribution in [0.5, 0.6) is 11.5 Å². The number of pyridine rings is 1. The number of aromatic nitrogens is 1. The highest BCUT2D eigenvalue weighted by molar-refractivity contribution is 7.98. The molecule has 0 amide bonds. The molecule has 1 aliphatic rings. The molecule has 1 aliphatic heterocycles. The highest BCUT2D eigenvalue weighted by atomic mass is 35.5. The summed E-state index contributed by atoms with van der Waals surface area (Å²) in [6.07, 6.45) is 0.817. The topological polar surface area (TPSA) is 58.4 Å². The van der Waals surface area contributed by atoms with Crippen LogP contribution in [0.25, 0.3) is 11.1 Å². The van der Waals surface area contributed by atoms with Crippen molar-refractivity contribution in [1.29, 1.82) is 5.26 Å². The van der Waals surface area contributed by atoms with Crippen molar-refractivity contribution in [2.24, 2.45) is 0 Å². The fraction of sp³-hybridized carbons (Fsp3) is 0.280. The number of nitrogens with zero attached hydrogens (tertiary/aromatic N) is 3. The van der Waals surface area contributed by atoms with E-state index in [9.17, 15) is 5.26 Å². The fourth-order valence-corrected chi connectivity index (χ4v) is 5.31. The first-order chi connectivity index (χ1) is 16.0. The molecule has 0 fully saturated rings. The SMILES string of the molecule is COc1cccc(-c2c(C#N)c(SCc3ccc(Cl)c(Cl)c3)nc3c2CN(C)CC3)c1OC. The maximum Gasteiger partial charge on any atom is 0.168 e. The molecule has 0 saturated heterocycles. The van der Waals surface area contributed by atoms with Crippen LogP contribution in [-0.2, 0) is 18.7 Å². The highest BCUT2D eigenvalue weighted by Crippen LogP contribution is 2.44. The lowest BCUT2D eigenvalue weighted by Gasteiger charge is -2.28. The van der Waals surface area contributed by atoms with Gasteiger partial charge in [-0.15, -0.1) is 11.8 Å². The molecule has 8 heteroatoms. The Morgan fingerprint density at radius 1 is 1.15 bits per heavy atom. The van der Waals surface area contributed by atoms with Crippen LogP contribution in [0.2, 0.25) is 10.0 Å². The number of hydrogen-bond donors (Lipinski definition) is 0. The molecule has 0 atom stereocenters. The molecule has 0 N–H and O–H groups in total. The second kappa shape index (κ2) is 10.2. The summed E-state index contributed by atoms with van der Waals surface area (Å²) in [7, 11) is 5.31. The van der Waals surface area contributed by atoms with Gasteiger partial charge in [0.1, 0.15) is 11.1 Å². The number of para-hydroxylation sites is 1. The highest BCUT2D eigenvalue weighted by Gasteiger charge is 2.27. The monoisotopic (exact) mass is 499 g/mol. The van der Waals surface area contributed by atoms with Crippen molar-refractivity contribution in [3.8, 4) is 28.7 Å². The summed E-state index contributed by atoms with van der Waals surface area (Å²) in [6, 6.07) is 13.7. The Balaban J connectivity index is 1.87. The first kappa shape index (κ1) is 23.7. The molecule has 2 heterocycles. The van der Waals surface area contributed by atoms with Gasteiger partial charge in [0.15, 0.2) is 11.5 Å². The number of ether oxygens (including phenoxy) is 2. The van der Waals surface area contributed by atoms with E-state index in [-0.39, 0.29) is 0 Å². The van der Waals surface area contributed by atoms with Gasteiger partial charge in [-0.05, 0) is 36.4 Å². The minimum atomic E-state index is 0.513. The molecule has 0 unspecified atom stereocenters. The Morgan fingerprint density at radius 2 is 1.97 bits per heavy atom. The summed E-state index contributed by atoms with van der Waals surface area (Å²) in [6.45, 7) is 1.63. The van der Waals surface area contributed by atoms with Crippen molar-refractivity contribution < 1.29 is 9.47 Å². The summed E-state index contributed by atoms with van der Waals surface area (Å²) in [4.78, 5) is 7.18. The number of halogens is 2. The van der Waals surface area contributed by atoms with E-state index in [1.54, 1.807) is 20.3 Å². The van der Waals surface area contributed by atoms with Crippen molar-refractivity contribution in [1.82, 2.24) is 9.88 Å². The smallest absolute Gasteiger partial charge is 0.168 e. The van der Waals surface area contributed by atoms with Crippen LogP contribution in [0.15, 0.2) is 41.4 Å². The molecule has 4 rings (SSSR count). The van der Waals surface area contributed by atoms with E-state index in [4.69, 9.17) is 37.7 Å². The van der Waals surface area contributed by atoms with Crippen molar-refractivity contribution in [2.45, 2.75) is 23.7 Å². The summed E-state index contributed by atoms with van der Waals surface area (Å²) >= 11 is 13.8. The minimum absolute atomic E-state index is 0.513. The predicted octanol–water partition coefficient (Wildman–Crippen LogP) is 6.22. The van der Waals surface area contributed by atoms with Gasteiger partial charge in [0.2, 0.25) is 0 Å².